The van der Waals surface area contributed by atoms with Crippen molar-refractivity contribution in [3.05, 3.63) is 64.7 Å². The van der Waals surface area contributed by atoms with E-state index in [-0.39, 0.29) is 5.91 Å². The van der Waals surface area contributed by atoms with Crippen molar-refractivity contribution in [1.82, 2.24) is 0 Å². The predicted octanol–water partition coefficient (Wildman–Crippen LogP) is 4.92. The minimum atomic E-state index is -0.187. The molecule has 4 heteroatoms. The molecule has 1 N–H and O–H groups in total. The van der Waals surface area contributed by atoms with Gasteiger partial charge in [0.1, 0.15) is 0 Å². The minimum Gasteiger partial charge on any atom is -0.322 e. The van der Waals surface area contributed by atoms with Crippen LogP contribution in [0.2, 0.25) is 5.02 Å². The first-order chi connectivity index (χ1) is 9.70. The van der Waals surface area contributed by atoms with E-state index in [4.69, 9.17) is 11.6 Å². The van der Waals surface area contributed by atoms with Gasteiger partial charge in [-0.2, -0.15) is 0 Å². The average molecular weight is 353 g/mol. The SMILES string of the molecule is O=C(Nc1cccc(CCCBr)c1)c1ccccc1Cl. The zero-order valence-corrected chi connectivity index (χ0v) is 13.2. The zero-order valence-electron chi connectivity index (χ0n) is 10.9. The largest absolute Gasteiger partial charge is 0.322 e. The van der Waals surface area contributed by atoms with E-state index in [1.165, 1.54) is 5.56 Å². The number of carbonyl (C=O) groups is 1. The molecule has 2 rings (SSSR count). The topological polar surface area (TPSA) is 29.1 Å². The van der Waals surface area contributed by atoms with E-state index in [2.05, 4.69) is 27.3 Å². The van der Waals surface area contributed by atoms with Crippen LogP contribution in [0.1, 0.15) is 22.3 Å². The van der Waals surface area contributed by atoms with Gasteiger partial charge < -0.3 is 5.32 Å². The number of nitrogens with one attached hydrogen (secondary N) is 1. The summed E-state index contributed by atoms with van der Waals surface area (Å²) in [5.41, 5.74) is 2.49. The average Bonchev–Trinajstić information content (AvgIpc) is 2.46. The van der Waals surface area contributed by atoms with Crippen molar-refractivity contribution in [3.63, 3.8) is 0 Å². The molecule has 104 valence electrons. The highest BCUT2D eigenvalue weighted by Gasteiger charge is 2.09. The maximum Gasteiger partial charge on any atom is 0.257 e. The summed E-state index contributed by atoms with van der Waals surface area (Å²) in [6.07, 6.45) is 2.06. The number of aryl methyl sites for hydroxylation is 1. The summed E-state index contributed by atoms with van der Waals surface area (Å²) >= 11 is 9.44. The highest BCUT2D eigenvalue weighted by molar-refractivity contribution is 9.09. The molecule has 20 heavy (non-hydrogen) atoms. The fraction of sp³-hybridized carbons (Fsp3) is 0.188. The van der Waals surface area contributed by atoms with Crippen molar-refractivity contribution < 1.29 is 4.79 Å². The van der Waals surface area contributed by atoms with Gasteiger partial charge in [0.25, 0.3) is 5.91 Å². The molecule has 0 aromatic heterocycles. The van der Waals surface area contributed by atoms with E-state index in [9.17, 15) is 4.79 Å². The number of rotatable bonds is 5. The van der Waals surface area contributed by atoms with Gasteiger partial charge in [-0.15, -0.1) is 0 Å². The molecular weight excluding hydrogens is 338 g/mol. The number of hydrogen-bond acceptors (Lipinski definition) is 1. The molecule has 0 radical (unpaired) electrons. The lowest BCUT2D eigenvalue weighted by Gasteiger charge is -2.08. The highest BCUT2D eigenvalue weighted by atomic mass is 79.9. The second-order valence-electron chi connectivity index (χ2n) is 4.43. The van der Waals surface area contributed by atoms with E-state index in [1.807, 2.05) is 18.2 Å². The molecule has 2 aromatic carbocycles. The number of benzene rings is 2. The molecular formula is C16H15BrClNO. The molecule has 0 saturated heterocycles. The predicted molar refractivity (Wildman–Crippen MR) is 88.0 cm³/mol. The Morgan fingerprint density at radius 3 is 2.70 bits per heavy atom. The summed E-state index contributed by atoms with van der Waals surface area (Å²) in [4.78, 5) is 12.2. The molecule has 0 fully saturated rings. The van der Waals surface area contributed by atoms with Gasteiger partial charge in [-0.25, -0.2) is 0 Å². The third-order valence-electron chi connectivity index (χ3n) is 2.90. The number of amides is 1. The van der Waals surface area contributed by atoms with Crippen LogP contribution in [0.15, 0.2) is 48.5 Å². The lowest BCUT2D eigenvalue weighted by molar-refractivity contribution is 0.102. The van der Waals surface area contributed by atoms with E-state index in [1.54, 1.807) is 24.3 Å². The molecule has 0 unspecified atom stereocenters. The van der Waals surface area contributed by atoms with Gasteiger partial charge in [-0.1, -0.05) is 51.8 Å². The highest BCUT2D eigenvalue weighted by Crippen LogP contribution is 2.18. The number of halogens is 2. The maximum atomic E-state index is 12.2. The molecule has 0 bridgehead atoms. The van der Waals surface area contributed by atoms with Gasteiger partial charge in [0, 0.05) is 11.0 Å². The van der Waals surface area contributed by atoms with Crippen LogP contribution < -0.4 is 5.32 Å². The van der Waals surface area contributed by atoms with Crippen LogP contribution in [0.3, 0.4) is 0 Å². The number of anilines is 1. The van der Waals surface area contributed by atoms with Crippen LogP contribution >= 0.6 is 27.5 Å². The summed E-state index contributed by atoms with van der Waals surface area (Å²) in [6, 6.07) is 14.9. The first kappa shape index (κ1) is 15.1. The van der Waals surface area contributed by atoms with Crippen molar-refractivity contribution in [2.24, 2.45) is 0 Å². The van der Waals surface area contributed by atoms with E-state index >= 15 is 0 Å². The lowest BCUT2D eigenvalue weighted by Crippen LogP contribution is -2.12. The van der Waals surface area contributed by atoms with Crippen molar-refractivity contribution in [1.29, 1.82) is 0 Å². The Labute approximate surface area is 132 Å². The van der Waals surface area contributed by atoms with Gasteiger partial charge in [0.05, 0.1) is 10.6 Å². The number of hydrogen-bond donors (Lipinski definition) is 1. The molecule has 0 heterocycles. The summed E-state index contributed by atoms with van der Waals surface area (Å²) in [5.74, 6) is -0.187. The Hall–Kier alpha value is -1.32. The normalized spacial score (nSPS) is 10.3. The molecule has 1 amide bonds. The standard InChI is InChI=1S/C16H15BrClNO/c17-10-4-6-12-5-3-7-13(11-12)19-16(20)14-8-1-2-9-15(14)18/h1-3,5,7-9,11H,4,6,10H2,(H,19,20). The van der Waals surface area contributed by atoms with Crippen LogP contribution in [0.25, 0.3) is 0 Å². The van der Waals surface area contributed by atoms with Gasteiger partial charge >= 0.3 is 0 Å². The van der Waals surface area contributed by atoms with Crippen molar-refractivity contribution >= 4 is 39.1 Å². The molecule has 0 atom stereocenters. The third-order valence-corrected chi connectivity index (χ3v) is 3.79. The Morgan fingerprint density at radius 2 is 1.95 bits per heavy atom. The zero-order chi connectivity index (χ0) is 14.4. The Balaban J connectivity index is 2.10. The van der Waals surface area contributed by atoms with Crippen LogP contribution in [0, 0.1) is 0 Å². The first-order valence-electron chi connectivity index (χ1n) is 6.41. The molecule has 0 saturated carbocycles. The Morgan fingerprint density at radius 1 is 1.15 bits per heavy atom. The monoisotopic (exact) mass is 351 g/mol. The molecule has 0 aliphatic heterocycles. The van der Waals surface area contributed by atoms with Gasteiger partial charge in [-0.3, -0.25) is 4.79 Å². The molecule has 0 aliphatic carbocycles. The van der Waals surface area contributed by atoms with Gasteiger partial charge in [0.15, 0.2) is 0 Å². The summed E-state index contributed by atoms with van der Waals surface area (Å²) in [5, 5.41) is 4.31. The fourth-order valence-corrected chi connectivity index (χ4v) is 2.42. The number of alkyl halides is 1. The summed E-state index contributed by atoms with van der Waals surface area (Å²) < 4.78 is 0. The van der Waals surface area contributed by atoms with Crippen LogP contribution in [-0.2, 0) is 6.42 Å². The van der Waals surface area contributed by atoms with Gasteiger partial charge in [-0.05, 0) is 42.7 Å². The smallest absolute Gasteiger partial charge is 0.257 e. The molecule has 2 aromatic rings. The lowest BCUT2D eigenvalue weighted by atomic mass is 10.1. The van der Waals surface area contributed by atoms with E-state index in [0.717, 1.165) is 23.9 Å². The summed E-state index contributed by atoms with van der Waals surface area (Å²) in [7, 11) is 0. The van der Waals surface area contributed by atoms with Crippen molar-refractivity contribution in [3.8, 4) is 0 Å². The molecule has 2 nitrogen and oxygen atoms in total. The molecule has 0 aliphatic rings. The number of carbonyl (C=O) groups excluding carboxylic acids is 1. The van der Waals surface area contributed by atoms with Gasteiger partial charge in [0.2, 0.25) is 0 Å². The fourth-order valence-electron chi connectivity index (χ4n) is 1.92. The quantitative estimate of drug-likeness (QED) is 0.760. The second-order valence-corrected chi connectivity index (χ2v) is 5.63. The van der Waals surface area contributed by atoms with Crippen molar-refractivity contribution in [2.75, 3.05) is 10.6 Å². The van der Waals surface area contributed by atoms with E-state index < -0.39 is 0 Å². The Kier molecular flexibility index (Phi) is 5.62. The van der Waals surface area contributed by atoms with Crippen molar-refractivity contribution in [2.45, 2.75) is 12.8 Å². The molecule has 0 spiro atoms. The maximum absolute atomic E-state index is 12.2. The third kappa shape index (κ3) is 4.09. The van der Waals surface area contributed by atoms with E-state index in [0.29, 0.717) is 10.6 Å². The Bertz CT molecular complexity index is 601. The first-order valence-corrected chi connectivity index (χ1v) is 7.91. The summed E-state index contributed by atoms with van der Waals surface area (Å²) in [6.45, 7) is 0. The van der Waals surface area contributed by atoms with Crippen LogP contribution in [0.4, 0.5) is 5.69 Å². The minimum absolute atomic E-state index is 0.187. The van der Waals surface area contributed by atoms with Crippen LogP contribution in [0.5, 0.6) is 0 Å². The van der Waals surface area contributed by atoms with Crippen LogP contribution in [-0.4, -0.2) is 11.2 Å². The second kappa shape index (κ2) is 7.46.